The minimum Gasteiger partial charge on any atom is -0.0942 e. The van der Waals surface area contributed by atoms with Gasteiger partial charge < -0.3 is 0 Å². The van der Waals surface area contributed by atoms with Crippen molar-refractivity contribution in [3.8, 4) is 0 Å². The summed E-state index contributed by atoms with van der Waals surface area (Å²) in [5.74, 6) is 4.54. The van der Waals surface area contributed by atoms with Crippen molar-refractivity contribution >= 4 is 21.6 Å². The van der Waals surface area contributed by atoms with Gasteiger partial charge in [0.05, 0.1) is 0 Å². The van der Waals surface area contributed by atoms with Crippen LogP contribution in [0.1, 0.15) is 66.2 Å². The van der Waals surface area contributed by atoms with E-state index < -0.39 is 0 Å². The van der Waals surface area contributed by atoms with Crippen LogP contribution in [0.2, 0.25) is 0 Å². The third-order valence-electron chi connectivity index (χ3n) is 3.33. The van der Waals surface area contributed by atoms with Crippen LogP contribution in [-0.4, -0.2) is 11.5 Å². The number of rotatable bonds is 11. The molecule has 0 saturated heterocycles. The quantitative estimate of drug-likeness (QED) is 0.330. The first kappa shape index (κ1) is 16.7. The first-order valence-corrected chi connectivity index (χ1v) is 9.43. The molecule has 0 radical (unpaired) electrons. The highest BCUT2D eigenvalue weighted by molar-refractivity contribution is 8.76. The van der Waals surface area contributed by atoms with Gasteiger partial charge in [0.1, 0.15) is 0 Å². The topological polar surface area (TPSA) is 0 Å². The van der Waals surface area contributed by atoms with Crippen molar-refractivity contribution in [2.45, 2.75) is 66.2 Å². The fourth-order valence-corrected chi connectivity index (χ4v) is 3.73. The van der Waals surface area contributed by atoms with Gasteiger partial charge in [0, 0.05) is 11.5 Å². The summed E-state index contributed by atoms with van der Waals surface area (Å²) in [6, 6.07) is 0. The maximum absolute atomic E-state index is 2.37. The summed E-state index contributed by atoms with van der Waals surface area (Å²) in [6.45, 7) is 9.32. The molecule has 0 bridgehead atoms. The summed E-state index contributed by atoms with van der Waals surface area (Å²) in [7, 11) is 4.16. The summed E-state index contributed by atoms with van der Waals surface area (Å²) in [5, 5.41) is 0. The SMILES string of the molecule is CCC(C)CCCSSCCCC(C)CC. The van der Waals surface area contributed by atoms with E-state index in [1.807, 2.05) is 0 Å². The van der Waals surface area contributed by atoms with Crippen LogP contribution in [0.15, 0.2) is 0 Å². The average molecular weight is 263 g/mol. The minimum atomic E-state index is 0.927. The van der Waals surface area contributed by atoms with Crippen LogP contribution in [0, 0.1) is 11.8 Å². The van der Waals surface area contributed by atoms with Crippen molar-refractivity contribution in [3.05, 3.63) is 0 Å². The standard InChI is InChI=1S/C14H30S2/c1-5-13(3)9-7-11-15-16-12-8-10-14(4)6-2/h13-14H,5-12H2,1-4H3. The van der Waals surface area contributed by atoms with Crippen molar-refractivity contribution in [2.24, 2.45) is 11.8 Å². The Labute approximate surface area is 111 Å². The fourth-order valence-electron chi connectivity index (χ4n) is 1.51. The van der Waals surface area contributed by atoms with Crippen molar-refractivity contribution in [2.75, 3.05) is 11.5 Å². The van der Waals surface area contributed by atoms with Gasteiger partial charge in [0.15, 0.2) is 0 Å². The van der Waals surface area contributed by atoms with E-state index in [2.05, 4.69) is 49.3 Å². The summed E-state index contributed by atoms with van der Waals surface area (Å²) in [4.78, 5) is 0. The van der Waals surface area contributed by atoms with Crippen LogP contribution in [0.3, 0.4) is 0 Å². The van der Waals surface area contributed by atoms with Crippen LogP contribution < -0.4 is 0 Å². The smallest absolute Gasteiger partial charge is 0.00370 e. The van der Waals surface area contributed by atoms with E-state index in [9.17, 15) is 0 Å². The molecule has 0 heterocycles. The molecule has 0 fully saturated rings. The van der Waals surface area contributed by atoms with Crippen LogP contribution >= 0.6 is 21.6 Å². The molecule has 0 nitrogen and oxygen atoms in total. The second-order valence-corrected chi connectivity index (χ2v) is 7.66. The molecule has 0 aliphatic rings. The van der Waals surface area contributed by atoms with E-state index in [1.54, 1.807) is 0 Å². The maximum atomic E-state index is 2.37. The Kier molecular flexibility index (Phi) is 12.7. The van der Waals surface area contributed by atoms with Crippen LogP contribution in [-0.2, 0) is 0 Å². The van der Waals surface area contributed by atoms with Gasteiger partial charge in [0.2, 0.25) is 0 Å². The van der Waals surface area contributed by atoms with Gasteiger partial charge >= 0.3 is 0 Å². The predicted molar refractivity (Wildman–Crippen MR) is 82.3 cm³/mol. The molecule has 0 aliphatic carbocycles. The van der Waals surface area contributed by atoms with E-state index in [1.165, 1.54) is 50.0 Å². The molecule has 2 unspecified atom stereocenters. The van der Waals surface area contributed by atoms with E-state index in [4.69, 9.17) is 0 Å². The molecule has 0 aromatic rings. The lowest BCUT2D eigenvalue weighted by molar-refractivity contribution is 0.511. The Balaban J connectivity index is 3.04. The molecule has 0 aromatic carbocycles. The zero-order chi connectivity index (χ0) is 12.2. The average Bonchev–Trinajstić information content (AvgIpc) is 2.31. The normalized spacial score (nSPS) is 15.0. The highest BCUT2D eigenvalue weighted by Crippen LogP contribution is 2.25. The lowest BCUT2D eigenvalue weighted by Crippen LogP contribution is -1.93. The lowest BCUT2D eigenvalue weighted by atomic mass is 10.0. The Morgan fingerprint density at radius 1 is 0.750 bits per heavy atom. The number of hydrogen-bond acceptors (Lipinski definition) is 2. The Morgan fingerprint density at radius 2 is 1.12 bits per heavy atom. The molecule has 0 amide bonds. The largest absolute Gasteiger partial charge is 0.0942 e. The maximum Gasteiger partial charge on any atom is 0.00370 e. The predicted octanol–water partition coefficient (Wildman–Crippen LogP) is 6.02. The van der Waals surface area contributed by atoms with Gasteiger partial charge in [-0.05, 0) is 37.5 Å². The molecule has 0 saturated carbocycles. The molecular weight excluding hydrogens is 232 g/mol. The molecule has 16 heavy (non-hydrogen) atoms. The van der Waals surface area contributed by atoms with E-state index >= 15 is 0 Å². The highest BCUT2D eigenvalue weighted by atomic mass is 33.1. The summed E-state index contributed by atoms with van der Waals surface area (Å²) in [6.07, 6.45) is 8.31. The van der Waals surface area contributed by atoms with Gasteiger partial charge in [-0.25, -0.2) is 0 Å². The third-order valence-corrected chi connectivity index (χ3v) is 5.90. The fraction of sp³-hybridized carbons (Fsp3) is 1.00. The van der Waals surface area contributed by atoms with Crippen molar-refractivity contribution in [1.82, 2.24) is 0 Å². The Hall–Kier alpha value is 0.700. The molecule has 0 spiro atoms. The summed E-state index contributed by atoms with van der Waals surface area (Å²) < 4.78 is 0. The second-order valence-electron chi connectivity index (χ2n) is 4.96. The van der Waals surface area contributed by atoms with Gasteiger partial charge in [-0.1, -0.05) is 62.1 Å². The zero-order valence-corrected chi connectivity index (χ0v) is 13.3. The van der Waals surface area contributed by atoms with Gasteiger partial charge in [0.25, 0.3) is 0 Å². The molecule has 0 rings (SSSR count). The minimum absolute atomic E-state index is 0.927. The van der Waals surface area contributed by atoms with Crippen molar-refractivity contribution < 1.29 is 0 Å². The molecule has 0 aliphatic heterocycles. The molecule has 2 atom stereocenters. The molecule has 0 N–H and O–H groups in total. The molecule has 0 aromatic heterocycles. The molecule has 98 valence electrons. The molecular formula is C14H30S2. The van der Waals surface area contributed by atoms with Crippen molar-refractivity contribution in [3.63, 3.8) is 0 Å². The van der Waals surface area contributed by atoms with Crippen LogP contribution in [0.25, 0.3) is 0 Å². The van der Waals surface area contributed by atoms with Gasteiger partial charge in [-0.3, -0.25) is 0 Å². The van der Waals surface area contributed by atoms with E-state index in [0.717, 1.165) is 11.8 Å². The molecule has 2 heteroatoms. The van der Waals surface area contributed by atoms with E-state index in [0.29, 0.717) is 0 Å². The van der Waals surface area contributed by atoms with Crippen molar-refractivity contribution in [1.29, 1.82) is 0 Å². The Morgan fingerprint density at radius 3 is 1.44 bits per heavy atom. The van der Waals surface area contributed by atoms with E-state index in [-0.39, 0.29) is 0 Å². The first-order valence-electron chi connectivity index (χ1n) is 6.95. The van der Waals surface area contributed by atoms with Gasteiger partial charge in [-0.2, -0.15) is 0 Å². The second kappa shape index (κ2) is 12.2. The monoisotopic (exact) mass is 262 g/mol. The third kappa shape index (κ3) is 11.2. The zero-order valence-electron chi connectivity index (χ0n) is 11.6. The highest BCUT2D eigenvalue weighted by Gasteiger charge is 2.00. The first-order chi connectivity index (χ1) is 7.70. The summed E-state index contributed by atoms with van der Waals surface area (Å²) >= 11 is 0. The van der Waals surface area contributed by atoms with Crippen LogP contribution in [0.5, 0.6) is 0 Å². The number of hydrogen-bond donors (Lipinski definition) is 0. The summed E-state index contributed by atoms with van der Waals surface area (Å²) in [5.41, 5.74) is 0. The lowest BCUT2D eigenvalue weighted by Gasteiger charge is -2.08. The Bertz CT molecular complexity index is 121. The van der Waals surface area contributed by atoms with Gasteiger partial charge in [-0.15, -0.1) is 0 Å². The van der Waals surface area contributed by atoms with Crippen LogP contribution in [0.4, 0.5) is 0 Å².